The van der Waals surface area contributed by atoms with E-state index in [9.17, 15) is 14.7 Å². The third kappa shape index (κ3) is 5.03. The van der Waals surface area contributed by atoms with E-state index in [2.05, 4.69) is 34.8 Å². The Hall–Kier alpha value is -2.24. The summed E-state index contributed by atoms with van der Waals surface area (Å²) >= 11 is 6.72. The summed E-state index contributed by atoms with van der Waals surface area (Å²) in [7, 11) is 0. The molecule has 6 nitrogen and oxygen atoms in total. The largest absolute Gasteiger partial charge is 0.506 e. The number of benzene rings is 2. The molecule has 1 aliphatic rings. The minimum atomic E-state index is -0.662. The number of nitrogens with zero attached hydrogens (tertiary/aromatic N) is 2. The lowest BCUT2D eigenvalue weighted by Gasteiger charge is -2.25. The zero-order chi connectivity index (χ0) is 25.4. The predicted octanol–water partition coefficient (Wildman–Crippen LogP) is 4.99. The second-order valence-corrected chi connectivity index (χ2v) is 11.5. The molecule has 1 atom stereocenters. The molecule has 182 valence electrons. The standard InChI is InChI=1S/C26H24BrIN2O4S/c1-5-34-25(33)21-14(4)29-26-30(22(21)16-8-6-15(7-9-16)13(2)3)24(32)20(35-26)11-17-10-18(27)12-19(28)23(17)31/h6-13,22,31H,5H2,1-4H3/b20-11-/t22-/m0/s1. The molecule has 9 heteroatoms. The summed E-state index contributed by atoms with van der Waals surface area (Å²) < 4.78 is 8.78. The molecule has 4 rings (SSSR count). The number of fused-ring (bicyclic) bond motifs is 1. The lowest BCUT2D eigenvalue weighted by atomic mass is 9.93. The highest BCUT2D eigenvalue weighted by Crippen LogP contribution is 2.32. The molecule has 0 spiro atoms. The van der Waals surface area contributed by atoms with E-state index in [4.69, 9.17) is 4.74 Å². The van der Waals surface area contributed by atoms with E-state index in [1.54, 1.807) is 36.6 Å². The van der Waals surface area contributed by atoms with Gasteiger partial charge >= 0.3 is 5.97 Å². The number of allylic oxidation sites excluding steroid dienone is 1. The Kier molecular flexibility index (Phi) is 7.68. The number of hydrogen-bond acceptors (Lipinski definition) is 6. The van der Waals surface area contributed by atoms with Gasteiger partial charge in [-0.3, -0.25) is 9.36 Å². The van der Waals surface area contributed by atoms with Crippen LogP contribution in [0.3, 0.4) is 0 Å². The Labute approximate surface area is 229 Å². The number of hydrogen-bond donors (Lipinski definition) is 1. The van der Waals surface area contributed by atoms with Gasteiger partial charge in [-0.15, -0.1) is 0 Å². The smallest absolute Gasteiger partial charge is 0.338 e. The Morgan fingerprint density at radius 3 is 2.63 bits per heavy atom. The van der Waals surface area contributed by atoms with Crippen LogP contribution in [-0.4, -0.2) is 22.2 Å². The number of ether oxygens (including phenoxy) is 1. The van der Waals surface area contributed by atoms with Crippen LogP contribution in [0.1, 0.15) is 56.3 Å². The lowest BCUT2D eigenvalue weighted by molar-refractivity contribution is -0.139. The van der Waals surface area contributed by atoms with Crippen LogP contribution < -0.4 is 14.9 Å². The van der Waals surface area contributed by atoms with Crippen molar-refractivity contribution >= 4 is 61.9 Å². The molecular weight excluding hydrogens is 643 g/mol. The van der Waals surface area contributed by atoms with E-state index in [0.717, 1.165) is 10.0 Å². The Morgan fingerprint density at radius 2 is 2.00 bits per heavy atom. The minimum absolute atomic E-state index is 0.101. The number of rotatable bonds is 5. The number of phenols is 1. The van der Waals surface area contributed by atoms with Crippen molar-refractivity contribution in [2.24, 2.45) is 4.99 Å². The Bertz CT molecular complexity index is 1520. The van der Waals surface area contributed by atoms with Gasteiger partial charge in [-0.25, -0.2) is 9.79 Å². The van der Waals surface area contributed by atoms with Crippen LogP contribution in [0.15, 0.2) is 61.9 Å². The van der Waals surface area contributed by atoms with Crippen molar-refractivity contribution in [3.63, 3.8) is 0 Å². The number of carbonyl (C=O) groups excluding carboxylic acids is 1. The van der Waals surface area contributed by atoms with E-state index in [0.29, 0.717) is 35.7 Å². The van der Waals surface area contributed by atoms with Crippen LogP contribution >= 0.6 is 49.9 Å². The summed E-state index contributed by atoms with van der Waals surface area (Å²) in [5.74, 6) is -0.0301. The third-order valence-electron chi connectivity index (χ3n) is 5.78. The van der Waals surface area contributed by atoms with E-state index in [-0.39, 0.29) is 17.9 Å². The normalized spacial score (nSPS) is 15.9. The predicted molar refractivity (Wildman–Crippen MR) is 149 cm³/mol. The molecule has 1 N–H and O–H groups in total. The monoisotopic (exact) mass is 666 g/mol. The Balaban J connectivity index is 1.96. The minimum Gasteiger partial charge on any atom is -0.506 e. The summed E-state index contributed by atoms with van der Waals surface area (Å²) in [6.07, 6.45) is 1.66. The van der Waals surface area contributed by atoms with Gasteiger partial charge in [-0.05, 0) is 71.7 Å². The van der Waals surface area contributed by atoms with Crippen molar-refractivity contribution < 1.29 is 14.6 Å². The molecule has 0 unspecified atom stereocenters. The van der Waals surface area contributed by atoms with Crippen molar-refractivity contribution in [2.75, 3.05) is 6.61 Å². The van der Waals surface area contributed by atoms with Gasteiger partial charge in [0.25, 0.3) is 5.56 Å². The zero-order valence-corrected chi connectivity index (χ0v) is 24.2. The number of thiazole rings is 1. The first-order valence-electron chi connectivity index (χ1n) is 11.1. The van der Waals surface area contributed by atoms with Crippen molar-refractivity contribution in [3.05, 3.63) is 92.1 Å². The first-order chi connectivity index (χ1) is 16.6. The summed E-state index contributed by atoms with van der Waals surface area (Å²) in [5, 5.41) is 10.5. The molecular formula is C26H24BrIN2O4S. The molecule has 35 heavy (non-hydrogen) atoms. The van der Waals surface area contributed by atoms with Gasteiger partial charge in [0.05, 0.1) is 32.0 Å². The van der Waals surface area contributed by atoms with Crippen molar-refractivity contribution in [3.8, 4) is 5.75 Å². The van der Waals surface area contributed by atoms with Gasteiger partial charge in [0, 0.05) is 10.0 Å². The summed E-state index contributed by atoms with van der Waals surface area (Å²) in [5.41, 5.74) is 3.08. The first kappa shape index (κ1) is 25.8. The number of carbonyl (C=O) groups is 1. The molecule has 0 radical (unpaired) electrons. The molecule has 2 aromatic carbocycles. The van der Waals surface area contributed by atoms with E-state index >= 15 is 0 Å². The molecule has 0 fully saturated rings. The van der Waals surface area contributed by atoms with Gasteiger partial charge < -0.3 is 9.84 Å². The number of aromatic hydroxyl groups is 1. The average molecular weight is 667 g/mol. The first-order valence-corrected chi connectivity index (χ1v) is 13.8. The van der Waals surface area contributed by atoms with E-state index in [1.807, 2.05) is 46.9 Å². The fraction of sp³-hybridized carbons (Fsp3) is 0.269. The molecule has 2 heterocycles. The summed E-state index contributed by atoms with van der Waals surface area (Å²) in [6.45, 7) is 7.97. The van der Waals surface area contributed by atoms with Crippen LogP contribution in [0.4, 0.5) is 0 Å². The zero-order valence-electron chi connectivity index (χ0n) is 19.6. The van der Waals surface area contributed by atoms with Crippen molar-refractivity contribution in [1.29, 1.82) is 0 Å². The van der Waals surface area contributed by atoms with E-state index in [1.165, 1.54) is 16.9 Å². The van der Waals surface area contributed by atoms with Gasteiger partial charge in [0.15, 0.2) is 4.80 Å². The molecule has 1 aromatic heterocycles. The topological polar surface area (TPSA) is 80.9 Å². The van der Waals surface area contributed by atoms with Gasteiger partial charge in [0.1, 0.15) is 5.75 Å². The van der Waals surface area contributed by atoms with Crippen LogP contribution in [0.5, 0.6) is 5.75 Å². The Morgan fingerprint density at radius 1 is 1.31 bits per heavy atom. The lowest BCUT2D eigenvalue weighted by Crippen LogP contribution is -2.39. The molecule has 1 aliphatic heterocycles. The van der Waals surface area contributed by atoms with Crippen LogP contribution in [0.2, 0.25) is 0 Å². The van der Waals surface area contributed by atoms with Gasteiger partial charge in [0.2, 0.25) is 0 Å². The summed E-state index contributed by atoms with van der Waals surface area (Å²) in [4.78, 5) is 31.8. The SMILES string of the molecule is CCOC(=O)C1=C(C)N=c2s/c(=C\c3cc(Br)cc(I)c3O)c(=O)n2[C@H]1c1ccc(C(C)C)cc1. The molecule has 0 saturated carbocycles. The molecule has 0 saturated heterocycles. The van der Waals surface area contributed by atoms with Gasteiger partial charge in [-0.1, -0.05) is 65.4 Å². The quantitative estimate of drug-likeness (QED) is 0.307. The maximum atomic E-state index is 13.7. The molecule has 0 bridgehead atoms. The van der Waals surface area contributed by atoms with Crippen molar-refractivity contribution in [2.45, 2.75) is 39.7 Å². The highest BCUT2D eigenvalue weighted by Gasteiger charge is 2.33. The maximum Gasteiger partial charge on any atom is 0.338 e. The second-order valence-electron chi connectivity index (χ2n) is 8.45. The molecule has 0 amide bonds. The summed E-state index contributed by atoms with van der Waals surface area (Å²) in [6, 6.07) is 10.8. The van der Waals surface area contributed by atoms with Crippen LogP contribution in [0.25, 0.3) is 6.08 Å². The fourth-order valence-electron chi connectivity index (χ4n) is 4.01. The van der Waals surface area contributed by atoms with E-state index < -0.39 is 12.0 Å². The molecule has 0 aliphatic carbocycles. The molecule has 3 aromatic rings. The number of esters is 1. The average Bonchev–Trinajstić information content (AvgIpc) is 3.10. The third-order valence-corrected chi connectivity index (χ3v) is 8.04. The van der Waals surface area contributed by atoms with Gasteiger partial charge in [-0.2, -0.15) is 0 Å². The number of aromatic nitrogens is 1. The highest BCUT2D eigenvalue weighted by molar-refractivity contribution is 14.1. The highest BCUT2D eigenvalue weighted by atomic mass is 127. The van der Waals surface area contributed by atoms with Crippen LogP contribution in [0, 0.1) is 3.57 Å². The van der Waals surface area contributed by atoms with Crippen molar-refractivity contribution in [1.82, 2.24) is 4.57 Å². The number of phenolic OH excluding ortho intramolecular Hbond substituents is 1. The number of halogens is 2. The fourth-order valence-corrected chi connectivity index (χ4v) is 6.60. The maximum absolute atomic E-state index is 13.7. The van der Waals surface area contributed by atoms with Crippen LogP contribution in [-0.2, 0) is 9.53 Å². The second kappa shape index (κ2) is 10.4.